The maximum absolute atomic E-state index is 13.1. The average molecular weight is 350 g/mol. The van der Waals surface area contributed by atoms with Crippen molar-refractivity contribution in [1.29, 1.82) is 0 Å². The number of amides is 1. The number of aromatic amines is 1. The first-order valence-electron chi connectivity index (χ1n) is 8.82. The molecule has 4 rings (SSSR count). The monoisotopic (exact) mass is 350 g/mol. The Bertz CT molecular complexity index is 921. The summed E-state index contributed by atoms with van der Waals surface area (Å²) in [6.45, 7) is 2.20. The van der Waals surface area contributed by atoms with E-state index in [2.05, 4.69) is 15.3 Å². The standard InChI is InChI=1S/C20H22N4O2/c1-26-18-7-3-2-5-16(18)17-13-21-9-10-24(17)19(25)11-14-12-23-20-15(14)6-4-8-22-20/h2-8,12,17,21H,9-11,13H2,1H3,(H,22,23). The molecule has 1 saturated heterocycles. The van der Waals surface area contributed by atoms with Gasteiger partial charge in [-0.1, -0.05) is 18.2 Å². The van der Waals surface area contributed by atoms with Gasteiger partial charge in [-0.3, -0.25) is 4.79 Å². The van der Waals surface area contributed by atoms with Gasteiger partial charge < -0.3 is 19.9 Å². The normalized spacial score (nSPS) is 17.4. The van der Waals surface area contributed by atoms with Crippen LogP contribution in [0.4, 0.5) is 0 Å². The number of H-pyrrole nitrogens is 1. The van der Waals surface area contributed by atoms with Crippen LogP contribution < -0.4 is 10.1 Å². The quantitative estimate of drug-likeness (QED) is 0.757. The second kappa shape index (κ2) is 7.17. The third-order valence-corrected chi connectivity index (χ3v) is 4.94. The zero-order valence-corrected chi connectivity index (χ0v) is 14.7. The van der Waals surface area contributed by atoms with Gasteiger partial charge in [0.1, 0.15) is 11.4 Å². The molecule has 1 unspecified atom stereocenters. The molecule has 134 valence electrons. The summed E-state index contributed by atoms with van der Waals surface area (Å²) >= 11 is 0. The van der Waals surface area contributed by atoms with E-state index in [1.165, 1.54) is 0 Å². The van der Waals surface area contributed by atoms with Gasteiger partial charge in [0.05, 0.1) is 19.6 Å². The highest BCUT2D eigenvalue weighted by atomic mass is 16.5. The molecular weight excluding hydrogens is 328 g/mol. The Hall–Kier alpha value is -2.86. The topological polar surface area (TPSA) is 70.2 Å². The first kappa shape index (κ1) is 16.6. The number of aromatic nitrogens is 2. The number of methoxy groups -OCH3 is 1. The van der Waals surface area contributed by atoms with Crippen molar-refractivity contribution in [1.82, 2.24) is 20.2 Å². The minimum atomic E-state index is -0.0317. The minimum absolute atomic E-state index is 0.0317. The fraction of sp³-hybridized carbons (Fsp3) is 0.300. The Kier molecular flexibility index (Phi) is 4.58. The number of ether oxygens (including phenoxy) is 1. The van der Waals surface area contributed by atoms with E-state index in [-0.39, 0.29) is 11.9 Å². The van der Waals surface area contributed by atoms with E-state index >= 15 is 0 Å². The SMILES string of the molecule is COc1ccccc1C1CNCCN1C(=O)Cc1c[nH]c2ncccc12. The van der Waals surface area contributed by atoms with Gasteiger partial charge in [-0.2, -0.15) is 0 Å². The van der Waals surface area contributed by atoms with E-state index < -0.39 is 0 Å². The van der Waals surface area contributed by atoms with Gasteiger partial charge in [-0.15, -0.1) is 0 Å². The number of fused-ring (bicyclic) bond motifs is 1. The number of piperazine rings is 1. The maximum Gasteiger partial charge on any atom is 0.227 e. The number of carbonyl (C=O) groups is 1. The number of nitrogens with zero attached hydrogens (tertiary/aromatic N) is 2. The molecule has 1 aliphatic rings. The molecule has 0 bridgehead atoms. The smallest absolute Gasteiger partial charge is 0.227 e. The lowest BCUT2D eigenvalue weighted by molar-refractivity contribution is -0.133. The van der Waals surface area contributed by atoms with Crippen LogP contribution in [-0.2, 0) is 11.2 Å². The summed E-state index contributed by atoms with van der Waals surface area (Å²) < 4.78 is 5.51. The average Bonchev–Trinajstić information content (AvgIpc) is 3.11. The molecule has 2 aromatic heterocycles. The van der Waals surface area contributed by atoms with Crippen LogP contribution in [0, 0.1) is 0 Å². The number of benzene rings is 1. The molecule has 0 radical (unpaired) electrons. The lowest BCUT2D eigenvalue weighted by Crippen LogP contribution is -2.49. The van der Waals surface area contributed by atoms with Gasteiger partial charge in [0.2, 0.25) is 5.91 Å². The summed E-state index contributed by atoms with van der Waals surface area (Å²) in [6.07, 6.45) is 3.99. The number of rotatable bonds is 4. The van der Waals surface area contributed by atoms with Gasteiger partial charge in [0, 0.05) is 43.0 Å². The Morgan fingerprint density at radius 2 is 2.19 bits per heavy atom. The second-order valence-corrected chi connectivity index (χ2v) is 6.44. The summed E-state index contributed by atoms with van der Waals surface area (Å²) in [5.41, 5.74) is 2.84. The Balaban J connectivity index is 1.61. The molecule has 0 spiro atoms. The predicted octanol–water partition coefficient (Wildman–Crippen LogP) is 2.29. The lowest BCUT2D eigenvalue weighted by Gasteiger charge is -2.37. The molecule has 1 aliphatic heterocycles. The van der Waals surface area contributed by atoms with Crippen molar-refractivity contribution in [3.05, 3.63) is 59.9 Å². The van der Waals surface area contributed by atoms with Crippen molar-refractivity contribution in [2.45, 2.75) is 12.5 Å². The molecule has 3 aromatic rings. The molecule has 0 saturated carbocycles. The summed E-state index contributed by atoms with van der Waals surface area (Å²) in [7, 11) is 1.67. The minimum Gasteiger partial charge on any atom is -0.496 e. The van der Waals surface area contributed by atoms with Crippen molar-refractivity contribution >= 4 is 16.9 Å². The third kappa shape index (κ3) is 3.04. The number of nitrogens with one attached hydrogen (secondary N) is 2. The molecule has 26 heavy (non-hydrogen) atoms. The number of hydrogen-bond donors (Lipinski definition) is 2. The van der Waals surface area contributed by atoms with Gasteiger partial charge in [0.15, 0.2) is 0 Å². The Labute approximate surface area is 152 Å². The molecule has 0 aliphatic carbocycles. The van der Waals surface area contributed by atoms with Crippen molar-refractivity contribution in [3.8, 4) is 5.75 Å². The van der Waals surface area contributed by atoms with Gasteiger partial charge in [-0.05, 0) is 23.8 Å². The fourth-order valence-electron chi connectivity index (χ4n) is 3.65. The molecule has 6 nitrogen and oxygen atoms in total. The second-order valence-electron chi connectivity index (χ2n) is 6.44. The van der Waals surface area contributed by atoms with E-state index in [0.29, 0.717) is 13.0 Å². The van der Waals surface area contributed by atoms with E-state index in [1.807, 2.05) is 47.5 Å². The van der Waals surface area contributed by atoms with Crippen molar-refractivity contribution in [2.75, 3.05) is 26.7 Å². The van der Waals surface area contributed by atoms with E-state index in [0.717, 1.165) is 41.0 Å². The molecule has 6 heteroatoms. The van der Waals surface area contributed by atoms with Crippen LogP contribution in [0.15, 0.2) is 48.8 Å². The van der Waals surface area contributed by atoms with Crippen LogP contribution in [0.25, 0.3) is 11.0 Å². The first-order valence-corrected chi connectivity index (χ1v) is 8.82. The zero-order valence-electron chi connectivity index (χ0n) is 14.7. The predicted molar refractivity (Wildman–Crippen MR) is 100 cm³/mol. The first-order chi connectivity index (χ1) is 12.8. The van der Waals surface area contributed by atoms with Crippen molar-refractivity contribution in [2.24, 2.45) is 0 Å². The van der Waals surface area contributed by atoms with Crippen LogP contribution in [0.3, 0.4) is 0 Å². The summed E-state index contributed by atoms with van der Waals surface area (Å²) in [5.74, 6) is 0.933. The number of hydrogen-bond acceptors (Lipinski definition) is 4. The van der Waals surface area contributed by atoms with Gasteiger partial charge >= 0.3 is 0 Å². The third-order valence-electron chi connectivity index (χ3n) is 4.94. The Morgan fingerprint density at radius 3 is 3.08 bits per heavy atom. The van der Waals surface area contributed by atoms with Crippen LogP contribution in [0.2, 0.25) is 0 Å². The Morgan fingerprint density at radius 1 is 1.31 bits per heavy atom. The molecule has 1 atom stereocenters. The van der Waals surface area contributed by atoms with E-state index in [4.69, 9.17) is 4.74 Å². The largest absolute Gasteiger partial charge is 0.496 e. The molecule has 1 amide bonds. The highest BCUT2D eigenvalue weighted by Gasteiger charge is 2.30. The highest BCUT2D eigenvalue weighted by Crippen LogP contribution is 2.31. The van der Waals surface area contributed by atoms with Crippen LogP contribution in [0.1, 0.15) is 17.2 Å². The van der Waals surface area contributed by atoms with Crippen LogP contribution in [-0.4, -0.2) is 47.5 Å². The summed E-state index contributed by atoms with van der Waals surface area (Å²) in [4.78, 5) is 22.5. The van der Waals surface area contributed by atoms with Crippen molar-refractivity contribution in [3.63, 3.8) is 0 Å². The molecule has 1 aromatic carbocycles. The van der Waals surface area contributed by atoms with Crippen LogP contribution in [0.5, 0.6) is 5.75 Å². The fourth-order valence-corrected chi connectivity index (χ4v) is 3.65. The van der Waals surface area contributed by atoms with E-state index in [1.54, 1.807) is 13.3 Å². The van der Waals surface area contributed by atoms with Crippen LogP contribution >= 0.6 is 0 Å². The van der Waals surface area contributed by atoms with Gasteiger partial charge in [0.25, 0.3) is 0 Å². The number of para-hydroxylation sites is 1. The summed E-state index contributed by atoms with van der Waals surface area (Å²) in [5, 5.41) is 4.40. The number of pyridine rings is 1. The molecule has 3 heterocycles. The number of carbonyl (C=O) groups excluding carboxylic acids is 1. The lowest BCUT2D eigenvalue weighted by atomic mass is 10.0. The van der Waals surface area contributed by atoms with Crippen molar-refractivity contribution < 1.29 is 9.53 Å². The molecular formula is C20H22N4O2. The molecule has 2 N–H and O–H groups in total. The zero-order chi connectivity index (χ0) is 17.9. The van der Waals surface area contributed by atoms with E-state index in [9.17, 15) is 4.79 Å². The van der Waals surface area contributed by atoms with Gasteiger partial charge in [-0.25, -0.2) is 4.98 Å². The summed E-state index contributed by atoms with van der Waals surface area (Å²) in [6, 6.07) is 11.8. The highest BCUT2D eigenvalue weighted by molar-refractivity contribution is 5.87. The molecule has 1 fully saturated rings. The maximum atomic E-state index is 13.1.